The summed E-state index contributed by atoms with van der Waals surface area (Å²) in [6, 6.07) is 5.01. The molecular weight excluding hydrogens is 262 g/mol. The van der Waals surface area contributed by atoms with E-state index in [2.05, 4.69) is 5.10 Å². The summed E-state index contributed by atoms with van der Waals surface area (Å²) >= 11 is 0. The van der Waals surface area contributed by atoms with Crippen LogP contribution in [0, 0.1) is 6.92 Å². The van der Waals surface area contributed by atoms with Crippen molar-refractivity contribution in [3.05, 3.63) is 41.7 Å². The minimum Gasteiger partial charge on any atom is -0.398 e. The number of aromatic nitrogens is 2. The number of hydrogen-bond donors (Lipinski definition) is 1. The van der Waals surface area contributed by atoms with Gasteiger partial charge in [0.1, 0.15) is 0 Å². The molecule has 0 spiro atoms. The van der Waals surface area contributed by atoms with Crippen LogP contribution in [0.3, 0.4) is 0 Å². The third kappa shape index (κ3) is 3.14. The second-order valence-corrected chi connectivity index (χ2v) is 6.71. The van der Waals surface area contributed by atoms with Crippen LogP contribution in [0.4, 0.5) is 5.69 Å². The quantitative estimate of drug-likeness (QED) is 0.856. The molecular formula is C13H17N3O2S. The number of hydrogen-bond acceptors (Lipinski definition) is 4. The zero-order valence-electron chi connectivity index (χ0n) is 11.0. The fourth-order valence-electron chi connectivity index (χ4n) is 1.91. The Morgan fingerprint density at radius 3 is 2.68 bits per heavy atom. The fraction of sp³-hybridized carbons (Fsp3) is 0.308. The summed E-state index contributed by atoms with van der Waals surface area (Å²) in [5, 5.41) is 4.02. The van der Waals surface area contributed by atoms with Gasteiger partial charge in [-0.2, -0.15) is 5.10 Å². The molecule has 1 aromatic heterocycles. The Bertz CT molecular complexity index is 690. The normalized spacial score (nSPS) is 11.7. The van der Waals surface area contributed by atoms with Crippen LogP contribution in [-0.2, 0) is 23.3 Å². The van der Waals surface area contributed by atoms with E-state index >= 15 is 0 Å². The van der Waals surface area contributed by atoms with E-state index in [0.717, 1.165) is 11.1 Å². The molecule has 0 amide bonds. The Morgan fingerprint density at radius 2 is 2.11 bits per heavy atom. The van der Waals surface area contributed by atoms with Gasteiger partial charge in [0, 0.05) is 13.2 Å². The minimum atomic E-state index is -3.36. The van der Waals surface area contributed by atoms with Crippen molar-refractivity contribution >= 4 is 15.5 Å². The third-order valence-electron chi connectivity index (χ3n) is 2.92. The number of nitrogens with two attached hydrogens (primary N) is 1. The third-order valence-corrected chi connectivity index (χ3v) is 4.70. The van der Waals surface area contributed by atoms with Crippen LogP contribution in [0.5, 0.6) is 0 Å². The van der Waals surface area contributed by atoms with Gasteiger partial charge in [0.25, 0.3) is 0 Å². The lowest BCUT2D eigenvalue weighted by Crippen LogP contribution is -2.11. The van der Waals surface area contributed by atoms with Gasteiger partial charge in [-0.05, 0) is 36.6 Å². The molecule has 1 aromatic carbocycles. The molecule has 0 saturated heterocycles. The van der Waals surface area contributed by atoms with Crippen molar-refractivity contribution in [1.29, 1.82) is 0 Å². The lowest BCUT2D eigenvalue weighted by Gasteiger charge is -2.07. The molecule has 0 bridgehead atoms. The molecule has 5 nitrogen and oxygen atoms in total. The van der Waals surface area contributed by atoms with Gasteiger partial charge in [-0.25, -0.2) is 8.42 Å². The van der Waals surface area contributed by atoms with E-state index in [1.54, 1.807) is 36.1 Å². The molecule has 0 saturated carbocycles. The molecule has 0 radical (unpaired) electrons. The van der Waals surface area contributed by atoms with Crippen LogP contribution < -0.4 is 5.73 Å². The Labute approximate surface area is 113 Å². The maximum Gasteiger partial charge on any atom is 0.180 e. The van der Waals surface area contributed by atoms with Gasteiger partial charge < -0.3 is 5.73 Å². The summed E-state index contributed by atoms with van der Waals surface area (Å²) in [5.41, 5.74) is 7.94. The molecule has 0 atom stereocenters. The highest BCUT2D eigenvalue weighted by Gasteiger charge is 2.17. The molecule has 2 rings (SSSR count). The van der Waals surface area contributed by atoms with E-state index in [1.165, 1.54) is 0 Å². The number of anilines is 1. The lowest BCUT2D eigenvalue weighted by molar-refractivity contribution is 0.595. The topological polar surface area (TPSA) is 78.0 Å². The average Bonchev–Trinajstić information content (AvgIpc) is 2.72. The van der Waals surface area contributed by atoms with Gasteiger partial charge in [-0.1, -0.05) is 6.07 Å². The van der Waals surface area contributed by atoms with Gasteiger partial charge >= 0.3 is 0 Å². The summed E-state index contributed by atoms with van der Waals surface area (Å²) in [6.45, 7) is 1.88. The van der Waals surface area contributed by atoms with Crippen LogP contribution in [0.15, 0.2) is 35.5 Å². The summed E-state index contributed by atoms with van der Waals surface area (Å²) < 4.78 is 26.1. The van der Waals surface area contributed by atoms with E-state index in [0.29, 0.717) is 12.1 Å². The summed E-state index contributed by atoms with van der Waals surface area (Å²) in [7, 11) is -1.56. The predicted octanol–water partition coefficient (Wildman–Crippen LogP) is 1.33. The monoisotopic (exact) mass is 279 g/mol. The number of nitrogens with zero attached hydrogens (tertiary/aromatic N) is 2. The molecule has 0 aliphatic rings. The zero-order chi connectivity index (χ0) is 14.0. The van der Waals surface area contributed by atoms with E-state index in [9.17, 15) is 8.42 Å². The van der Waals surface area contributed by atoms with E-state index in [4.69, 9.17) is 5.73 Å². The van der Waals surface area contributed by atoms with Crippen molar-refractivity contribution in [2.75, 3.05) is 11.5 Å². The van der Waals surface area contributed by atoms with Gasteiger partial charge in [0.2, 0.25) is 0 Å². The van der Waals surface area contributed by atoms with Crippen molar-refractivity contribution in [1.82, 2.24) is 9.78 Å². The number of aryl methyl sites for hydroxylation is 3. The molecule has 102 valence electrons. The standard InChI is InChI=1S/C13H17N3O2S/c1-10-3-4-13(12(14)7-10)19(17,18)6-5-11-8-15-16(2)9-11/h3-4,7-9H,5-6,14H2,1-2H3. The Morgan fingerprint density at radius 1 is 1.37 bits per heavy atom. The number of sulfone groups is 1. The van der Waals surface area contributed by atoms with Crippen LogP contribution >= 0.6 is 0 Å². The summed E-state index contributed by atoms with van der Waals surface area (Å²) in [4.78, 5) is 0.210. The first kappa shape index (κ1) is 13.6. The molecule has 1 heterocycles. The zero-order valence-corrected chi connectivity index (χ0v) is 11.8. The summed E-state index contributed by atoms with van der Waals surface area (Å²) in [6.07, 6.45) is 3.92. The highest BCUT2D eigenvalue weighted by molar-refractivity contribution is 7.91. The van der Waals surface area contributed by atoms with Gasteiger partial charge in [0.15, 0.2) is 9.84 Å². The molecule has 2 aromatic rings. The van der Waals surface area contributed by atoms with Crippen molar-refractivity contribution in [3.63, 3.8) is 0 Å². The van der Waals surface area contributed by atoms with Crippen molar-refractivity contribution in [2.45, 2.75) is 18.2 Å². The molecule has 0 aliphatic carbocycles. The number of nitrogen functional groups attached to an aromatic ring is 1. The second-order valence-electron chi connectivity index (χ2n) is 4.63. The first-order valence-corrected chi connectivity index (χ1v) is 7.60. The molecule has 2 N–H and O–H groups in total. The molecule has 0 fully saturated rings. The van der Waals surface area contributed by atoms with Crippen LogP contribution in [-0.4, -0.2) is 24.0 Å². The van der Waals surface area contributed by atoms with Crippen LogP contribution in [0.2, 0.25) is 0 Å². The highest BCUT2D eigenvalue weighted by Crippen LogP contribution is 2.21. The maximum atomic E-state index is 12.2. The smallest absolute Gasteiger partial charge is 0.180 e. The predicted molar refractivity (Wildman–Crippen MR) is 74.6 cm³/mol. The van der Waals surface area contributed by atoms with E-state index in [1.807, 2.05) is 13.1 Å². The molecule has 6 heteroatoms. The van der Waals surface area contributed by atoms with Crippen molar-refractivity contribution in [2.24, 2.45) is 7.05 Å². The van der Waals surface area contributed by atoms with E-state index in [-0.39, 0.29) is 10.6 Å². The largest absolute Gasteiger partial charge is 0.398 e. The first-order valence-electron chi connectivity index (χ1n) is 5.95. The SMILES string of the molecule is Cc1ccc(S(=O)(=O)CCc2cnn(C)c2)c(N)c1. The maximum absolute atomic E-state index is 12.2. The van der Waals surface area contributed by atoms with Gasteiger partial charge in [0.05, 0.1) is 22.5 Å². The summed E-state index contributed by atoms with van der Waals surface area (Å²) in [5.74, 6) is 0.0337. The highest BCUT2D eigenvalue weighted by atomic mass is 32.2. The minimum absolute atomic E-state index is 0.0337. The Hall–Kier alpha value is -1.82. The molecule has 19 heavy (non-hydrogen) atoms. The van der Waals surface area contributed by atoms with Gasteiger partial charge in [-0.3, -0.25) is 4.68 Å². The molecule has 0 aliphatic heterocycles. The number of benzene rings is 1. The Kier molecular flexibility index (Phi) is 3.61. The number of rotatable bonds is 4. The Balaban J connectivity index is 2.18. The van der Waals surface area contributed by atoms with E-state index < -0.39 is 9.84 Å². The average molecular weight is 279 g/mol. The first-order chi connectivity index (χ1) is 8.88. The van der Waals surface area contributed by atoms with Crippen molar-refractivity contribution < 1.29 is 8.42 Å². The van der Waals surface area contributed by atoms with Crippen LogP contribution in [0.1, 0.15) is 11.1 Å². The fourth-order valence-corrected chi connectivity index (χ4v) is 3.33. The second kappa shape index (κ2) is 5.05. The van der Waals surface area contributed by atoms with Crippen molar-refractivity contribution in [3.8, 4) is 0 Å². The lowest BCUT2D eigenvalue weighted by atomic mass is 10.2. The van der Waals surface area contributed by atoms with Gasteiger partial charge in [-0.15, -0.1) is 0 Å². The molecule has 0 unspecified atom stereocenters. The van der Waals surface area contributed by atoms with Crippen LogP contribution in [0.25, 0.3) is 0 Å².